The quantitative estimate of drug-likeness (QED) is 0.717. The van der Waals surface area contributed by atoms with Crippen LogP contribution in [-0.2, 0) is 6.42 Å². The van der Waals surface area contributed by atoms with Crippen molar-refractivity contribution in [2.75, 3.05) is 5.73 Å². The van der Waals surface area contributed by atoms with Crippen LogP contribution in [0, 0.1) is 6.92 Å². The highest BCUT2D eigenvalue weighted by Gasteiger charge is 2.16. The Bertz CT molecular complexity index is 939. The smallest absolute Gasteiger partial charge is 0.251 e. The van der Waals surface area contributed by atoms with Crippen molar-refractivity contribution in [2.45, 2.75) is 33.2 Å². The average Bonchev–Trinajstić information content (AvgIpc) is 3.08. The van der Waals surface area contributed by atoms with E-state index in [-0.39, 0.29) is 11.9 Å². The number of anilines is 1. The highest BCUT2D eigenvalue weighted by molar-refractivity contribution is 7.15. The number of aryl methyl sites for hydroxylation is 2. The molecule has 0 radical (unpaired) electrons. The van der Waals surface area contributed by atoms with Crippen LogP contribution in [0.25, 0.3) is 11.3 Å². The Morgan fingerprint density at radius 1 is 1.35 bits per heavy atom. The summed E-state index contributed by atoms with van der Waals surface area (Å²) in [6.45, 7) is 5.77. The monoisotopic (exact) mass is 368 g/mol. The first-order valence-corrected chi connectivity index (χ1v) is 9.12. The van der Waals surface area contributed by atoms with Gasteiger partial charge in [-0.15, -0.1) is 10.2 Å². The molecule has 0 saturated heterocycles. The van der Waals surface area contributed by atoms with E-state index in [2.05, 4.69) is 32.4 Å². The van der Waals surface area contributed by atoms with Gasteiger partial charge in [-0.3, -0.25) is 4.79 Å². The van der Waals surface area contributed by atoms with Gasteiger partial charge in [0.1, 0.15) is 10.8 Å². The Hall–Kier alpha value is -2.87. The predicted molar refractivity (Wildman–Crippen MR) is 102 cm³/mol. The van der Waals surface area contributed by atoms with E-state index in [4.69, 9.17) is 5.73 Å². The van der Waals surface area contributed by atoms with Crippen LogP contribution < -0.4 is 11.1 Å². The van der Waals surface area contributed by atoms with Gasteiger partial charge in [0, 0.05) is 17.3 Å². The molecule has 0 fully saturated rings. The fourth-order valence-corrected chi connectivity index (χ4v) is 3.19. The number of nitrogen functional groups attached to an aromatic ring is 1. The van der Waals surface area contributed by atoms with Crippen molar-refractivity contribution >= 4 is 22.4 Å². The molecule has 1 amide bonds. The summed E-state index contributed by atoms with van der Waals surface area (Å²) in [6, 6.07) is 7.16. The fourth-order valence-electron chi connectivity index (χ4n) is 2.57. The second kappa shape index (κ2) is 7.57. The number of carbonyl (C=O) groups is 1. The molecule has 26 heavy (non-hydrogen) atoms. The van der Waals surface area contributed by atoms with Gasteiger partial charge >= 0.3 is 0 Å². The molecule has 3 N–H and O–H groups in total. The number of hydrogen-bond acceptors (Lipinski definition) is 7. The Morgan fingerprint density at radius 3 is 2.85 bits per heavy atom. The number of nitrogens with one attached hydrogen (secondary N) is 1. The summed E-state index contributed by atoms with van der Waals surface area (Å²) >= 11 is 1.26. The van der Waals surface area contributed by atoms with Gasteiger partial charge < -0.3 is 11.1 Å². The lowest BCUT2D eigenvalue weighted by Crippen LogP contribution is -2.26. The van der Waals surface area contributed by atoms with E-state index in [0.29, 0.717) is 21.5 Å². The first kappa shape index (κ1) is 17.9. The fraction of sp³-hybridized carbons (Fsp3) is 0.278. The van der Waals surface area contributed by atoms with E-state index in [1.54, 1.807) is 6.07 Å². The minimum atomic E-state index is -0.270. The van der Waals surface area contributed by atoms with Crippen LogP contribution in [0.4, 0.5) is 5.13 Å². The maximum Gasteiger partial charge on any atom is 0.251 e. The van der Waals surface area contributed by atoms with Gasteiger partial charge in [-0.1, -0.05) is 30.4 Å². The summed E-state index contributed by atoms with van der Waals surface area (Å²) in [6.07, 6.45) is 2.66. The molecule has 1 aromatic carbocycles. The molecule has 0 aliphatic rings. The van der Waals surface area contributed by atoms with Gasteiger partial charge in [-0.2, -0.15) is 0 Å². The second-order valence-corrected chi connectivity index (χ2v) is 6.94. The Morgan fingerprint density at radius 2 is 2.15 bits per heavy atom. The van der Waals surface area contributed by atoms with E-state index in [1.165, 1.54) is 11.3 Å². The average molecular weight is 368 g/mol. The number of carbonyl (C=O) groups excluding carboxylic acids is 1. The molecule has 3 rings (SSSR count). The number of amides is 1. The van der Waals surface area contributed by atoms with Crippen LogP contribution >= 0.6 is 11.3 Å². The summed E-state index contributed by atoms with van der Waals surface area (Å²) in [4.78, 5) is 21.4. The number of aromatic nitrogens is 4. The van der Waals surface area contributed by atoms with Gasteiger partial charge in [0.05, 0.1) is 11.7 Å². The molecule has 0 unspecified atom stereocenters. The van der Waals surface area contributed by atoms with Crippen LogP contribution in [-0.4, -0.2) is 26.1 Å². The zero-order valence-electron chi connectivity index (χ0n) is 14.9. The number of nitrogens with zero attached hydrogens (tertiary/aromatic N) is 4. The molecule has 134 valence electrons. The molecule has 0 aliphatic heterocycles. The number of benzene rings is 1. The van der Waals surface area contributed by atoms with Crippen molar-refractivity contribution < 1.29 is 4.79 Å². The zero-order valence-corrected chi connectivity index (χ0v) is 15.7. The van der Waals surface area contributed by atoms with Gasteiger partial charge in [0.25, 0.3) is 5.91 Å². The third-order valence-corrected chi connectivity index (χ3v) is 4.87. The molecular weight excluding hydrogens is 348 g/mol. The lowest BCUT2D eigenvalue weighted by Gasteiger charge is -2.12. The molecule has 3 aromatic rings. The molecule has 8 heteroatoms. The summed E-state index contributed by atoms with van der Waals surface area (Å²) in [7, 11) is 0. The van der Waals surface area contributed by atoms with E-state index in [9.17, 15) is 4.79 Å². The van der Waals surface area contributed by atoms with Crippen molar-refractivity contribution in [3.05, 3.63) is 52.4 Å². The van der Waals surface area contributed by atoms with Crippen molar-refractivity contribution in [1.82, 2.24) is 25.5 Å². The van der Waals surface area contributed by atoms with Crippen LogP contribution in [0.3, 0.4) is 0 Å². The van der Waals surface area contributed by atoms with Crippen molar-refractivity contribution in [3.8, 4) is 11.3 Å². The minimum Gasteiger partial charge on any atom is -0.374 e. The first-order chi connectivity index (χ1) is 12.5. The number of nitrogens with two attached hydrogens (primary N) is 1. The second-order valence-electron chi connectivity index (χ2n) is 5.90. The molecular formula is C18H20N6OS. The van der Waals surface area contributed by atoms with Crippen LogP contribution in [0.15, 0.2) is 30.5 Å². The Labute approximate surface area is 155 Å². The predicted octanol–water partition coefficient (Wildman–Crippen LogP) is 2.94. The minimum absolute atomic E-state index is 0.183. The SMILES string of the molecule is CCc1cnc(C)nc1-c1cccc(C(=O)N[C@@H](C)c2nnc(N)s2)c1. The summed E-state index contributed by atoms with van der Waals surface area (Å²) in [5.74, 6) is 0.520. The van der Waals surface area contributed by atoms with Crippen LogP contribution in [0.1, 0.15) is 46.6 Å². The van der Waals surface area contributed by atoms with Crippen molar-refractivity contribution in [3.63, 3.8) is 0 Å². The molecule has 7 nitrogen and oxygen atoms in total. The van der Waals surface area contributed by atoms with E-state index >= 15 is 0 Å². The molecule has 2 heterocycles. The number of rotatable bonds is 5. The standard InChI is InChI=1S/C18H20N6OS/c1-4-12-9-20-11(3)22-15(12)13-6-5-7-14(8-13)16(25)21-10(2)17-23-24-18(19)26-17/h5-10H,4H2,1-3H3,(H2,19,24)(H,21,25)/t10-/m0/s1. The summed E-state index contributed by atoms with van der Waals surface area (Å²) in [5, 5.41) is 11.7. The van der Waals surface area contributed by atoms with Gasteiger partial charge in [-0.25, -0.2) is 9.97 Å². The number of hydrogen-bond donors (Lipinski definition) is 2. The summed E-state index contributed by atoms with van der Waals surface area (Å²) < 4.78 is 0. The van der Waals surface area contributed by atoms with Gasteiger partial charge in [0.15, 0.2) is 0 Å². The van der Waals surface area contributed by atoms with Crippen LogP contribution in [0.5, 0.6) is 0 Å². The lowest BCUT2D eigenvalue weighted by atomic mass is 10.0. The molecule has 0 bridgehead atoms. The van der Waals surface area contributed by atoms with Gasteiger partial charge in [-0.05, 0) is 38.0 Å². The molecule has 0 aliphatic carbocycles. The van der Waals surface area contributed by atoms with E-state index in [1.807, 2.05) is 38.2 Å². The molecule has 2 aromatic heterocycles. The largest absolute Gasteiger partial charge is 0.374 e. The summed E-state index contributed by atoms with van der Waals surface area (Å²) in [5.41, 5.74) is 8.97. The normalized spacial score (nSPS) is 12.0. The van der Waals surface area contributed by atoms with Crippen molar-refractivity contribution in [2.24, 2.45) is 0 Å². The third-order valence-electron chi connectivity index (χ3n) is 3.94. The van der Waals surface area contributed by atoms with Crippen LogP contribution in [0.2, 0.25) is 0 Å². The first-order valence-electron chi connectivity index (χ1n) is 8.30. The molecule has 0 spiro atoms. The maximum atomic E-state index is 12.6. The Balaban J connectivity index is 1.85. The van der Waals surface area contributed by atoms with Crippen molar-refractivity contribution in [1.29, 1.82) is 0 Å². The highest BCUT2D eigenvalue weighted by atomic mass is 32.1. The molecule has 1 atom stereocenters. The Kier molecular flexibility index (Phi) is 5.22. The van der Waals surface area contributed by atoms with E-state index in [0.717, 1.165) is 23.2 Å². The third kappa shape index (κ3) is 3.85. The zero-order chi connectivity index (χ0) is 18.7. The topological polar surface area (TPSA) is 107 Å². The van der Waals surface area contributed by atoms with Gasteiger partial charge in [0.2, 0.25) is 5.13 Å². The molecule has 0 saturated carbocycles. The lowest BCUT2D eigenvalue weighted by molar-refractivity contribution is 0.0940. The van der Waals surface area contributed by atoms with E-state index < -0.39 is 0 Å². The maximum absolute atomic E-state index is 12.6. The highest BCUT2D eigenvalue weighted by Crippen LogP contribution is 2.24.